The van der Waals surface area contributed by atoms with Crippen LogP contribution in [0.25, 0.3) is 0 Å². The van der Waals surface area contributed by atoms with Gasteiger partial charge in [0.25, 0.3) is 0 Å². The van der Waals surface area contributed by atoms with Crippen molar-refractivity contribution >= 4 is 5.91 Å². The smallest absolute Gasteiger partial charge is 0.230 e. The molecule has 0 bridgehead atoms. The number of likely N-dealkylation sites (tertiary alicyclic amines) is 2. The lowest BCUT2D eigenvalue weighted by Gasteiger charge is -2.41. The minimum atomic E-state index is -0.173. The maximum absolute atomic E-state index is 12.9. The molecule has 0 N–H and O–H groups in total. The zero-order chi connectivity index (χ0) is 15.0. The van der Waals surface area contributed by atoms with E-state index in [2.05, 4.69) is 34.0 Å². The minimum absolute atomic E-state index is 0.173. The van der Waals surface area contributed by atoms with Crippen LogP contribution in [0, 0.1) is 12.3 Å². The summed E-state index contributed by atoms with van der Waals surface area (Å²) in [5.41, 5.74) is 1.55. The van der Waals surface area contributed by atoms with Crippen molar-refractivity contribution in [3.8, 4) is 0 Å². The van der Waals surface area contributed by atoms with Crippen LogP contribution in [0.15, 0.2) is 4.63 Å². The van der Waals surface area contributed by atoms with Crippen LogP contribution in [-0.4, -0.2) is 51.7 Å². The van der Waals surface area contributed by atoms with Gasteiger partial charge in [-0.2, -0.15) is 0 Å². The molecular formula is C15H24N4O2. The predicted octanol–water partition coefficient (Wildman–Crippen LogP) is 1.60. The highest BCUT2D eigenvalue weighted by molar-refractivity contribution is 5.84. The van der Waals surface area contributed by atoms with Crippen molar-refractivity contribution in [2.75, 3.05) is 19.6 Å². The van der Waals surface area contributed by atoms with E-state index in [0.29, 0.717) is 11.9 Å². The van der Waals surface area contributed by atoms with Gasteiger partial charge in [-0.05, 0) is 46.6 Å². The molecule has 21 heavy (non-hydrogen) atoms. The van der Waals surface area contributed by atoms with Crippen LogP contribution in [0.1, 0.15) is 44.5 Å². The zero-order valence-electron chi connectivity index (χ0n) is 13.1. The van der Waals surface area contributed by atoms with Crippen LogP contribution in [-0.2, 0) is 11.3 Å². The van der Waals surface area contributed by atoms with E-state index < -0.39 is 0 Å². The number of hydrogen-bond donors (Lipinski definition) is 0. The Labute approximate surface area is 125 Å². The molecule has 6 nitrogen and oxygen atoms in total. The summed E-state index contributed by atoms with van der Waals surface area (Å²) in [4.78, 5) is 17.2. The number of carbonyl (C=O) groups is 1. The first-order chi connectivity index (χ1) is 10.0. The number of aromatic nitrogens is 2. The molecule has 0 unspecified atom stereocenters. The first-order valence-corrected chi connectivity index (χ1v) is 7.83. The molecule has 2 saturated heterocycles. The highest BCUT2D eigenvalue weighted by atomic mass is 16.6. The van der Waals surface area contributed by atoms with Gasteiger partial charge in [0.2, 0.25) is 5.91 Å². The predicted molar refractivity (Wildman–Crippen MR) is 77.4 cm³/mol. The Hall–Kier alpha value is -1.43. The number of hydrogen-bond acceptors (Lipinski definition) is 5. The summed E-state index contributed by atoms with van der Waals surface area (Å²) < 4.78 is 4.76. The number of amides is 1. The Kier molecular flexibility index (Phi) is 3.73. The molecule has 0 aliphatic carbocycles. The van der Waals surface area contributed by atoms with E-state index in [9.17, 15) is 4.79 Å². The first kappa shape index (κ1) is 14.5. The lowest BCUT2D eigenvalue weighted by molar-refractivity contribution is -0.147. The average molecular weight is 292 g/mol. The van der Waals surface area contributed by atoms with Gasteiger partial charge in [0.1, 0.15) is 11.4 Å². The van der Waals surface area contributed by atoms with Gasteiger partial charge in [0, 0.05) is 25.7 Å². The molecule has 3 rings (SSSR count). The van der Waals surface area contributed by atoms with Crippen LogP contribution >= 0.6 is 0 Å². The molecule has 6 heteroatoms. The minimum Gasteiger partial charge on any atom is -0.340 e. The summed E-state index contributed by atoms with van der Waals surface area (Å²) in [6, 6.07) is 0.297. The van der Waals surface area contributed by atoms with E-state index in [4.69, 9.17) is 4.63 Å². The van der Waals surface area contributed by atoms with Gasteiger partial charge in [0.15, 0.2) is 0 Å². The second-order valence-electron chi connectivity index (χ2n) is 6.73. The normalized spacial score (nSPS) is 27.2. The van der Waals surface area contributed by atoms with Crippen molar-refractivity contribution in [3.05, 3.63) is 11.4 Å². The maximum Gasteiger partial charge on any atom is 0.230 e. The van der Waals surface area contributed by atoms with E-state index in [1.54, 1.807) is 0 Å². The topological polar surface area (TPSA) is 62.5 Å². The Morgan fingerprint density at radius 3 is 2.76 bits per heavy atom. The molecule has 1 spiro atoms. The number of nitrogens with zero attached hydrogens (tertiary/aromatic N) is 4. The Morgan fingerprint density at radius 2 is 2.10 bits per heavy atom. The molecular weight excluding hydrogens is 268 g/mol. The van der Waals surface area contributed by atoms with E-state index in [1.165, 1.54) is 0 Å². The molecule has 2 aliphatic rings. The SMILES string of the molecule is Cc1nonc1CN1CC[C@@]2(CCCN(C(C)C)C2=O)C1. The number of piperidine rings is 1. The summed E-state index contributed by atoms with van der Waals surface area (Å²) in [5, 5.41) is 7.78. The largest absolute Gasteiger partial charge is 0.340 e. The summed E-state index contributed by atoms with van der Waals surface area (Å²) in [6.07, 6.45) is 3.09. The quantitative estimate of drug-likeness (QED) is 0.847. The van der Waals surface area contributed by atoms with Crippen LogP contribution in [0.4, 0.5) is 0 Å². The summed E-state index contributed by atoms with van der Waals surface area (Å²) in [6.45, 7) is 9.54. The van der Waals surface area contributed by atoms with Crippen molar-refractivity contribution in [3.63, 3.8) is 0 Å². The molecule has 3 heterocycles. The lowest BCUT2D eigenvalue weighted by atomic mass is 9.78. The van der Waals surface area contributed by atoms with Crippen LogP contribution in [0.5, 0.6) is 0 Å². The van der Waals surface area contributed by atoms with Crippen molar-refractivity contribution in [2.24, 2.45) is 5.41 Å². The fourth-order valence-electron chi connectivity index (χ4n) is 3.67. The van der Waals surface area contributed by atoms with Gasteiger partial charge in [-0.15, -0.1) is 0 Å². The highest BCUT2D eigenvalue weighted by Gasteiger charge is 2.48. The molecule has 116 valence electrons. The van der Waals surface area contributed by atoms with Crippen molar-refractivity contribution in [2.45, 2.75) is 52.6 Å². The Morgan fingerprint density at radius 1 is 1.29 bits per heavy atom. The molecule has 2 aliphatic heterocycles. The zero-order valence-corrected chi connectivity index (χ0v) is 13.1. The summed E-state index contributed by atoms with van der Waals surface area (Å²) in [7, 11) is 0. The second-order valence-corrected chi connectivity index (χ2v) is 6.73. The second kappa shape index (κ2) is 5.40. The molecule has 0 aromatic carbocycles. The van der Waals surface area contributed by atoms with Gasteiger partial charge >= 0.3 is 0 Å². The van der Waals surface area contributed by atoms with Crippen molar-refractivity contribution < 1.29 is 9.42 Å². The standard InChI is InChI=1S/C15H24N4O2/c1-11(2)19-7-4-5-15(14(19)20)6-8-18(10-15)9-13-12(3)16-21-17-13/h11H,4-10H2,1-3H3/t15-/m0/s1. The van der Waals surface area contributed by atoms with Crippen LogP contribution in [0.2, 0.25) is 0 Å². The van der Waals surface area contributed by atoms with Gasteiger partial charge < -0.3 is 4.90 Å². The third kappa shape index (κ3) is 2.57. The van der Waals surface area contributed by atoms with Gasteiger partial charge in [-0.3, -0.25) is 9.69 Å². The highest BCUT2D eigenvalue weighted by Crippen LogP contribution is 2.41. The van der Waals surface area contributed by atoms with Crippen molar-refractivity contribution in [1.29, 1.82) is 0 Å². The molecule has 1 aromatic heterocycles. The molecule has 0 saturated carbocycles. The average Bonchev–Trinajstić information content (AvgIpc) is 3.02. The summed E-state index contributed by atoms with van der Waals surface area (Å²) in [5.74, 6) is 0.348. The molecule has 1 aromatic rings. The molecule has 0 radical (unpaired) electrons. The summed E-state index contributed by atoms with van der Waals surface area (Å²) >= 11 is 0. The van der Waals surface area contributed by atoms with Gasteiger partial charge in [-0.25, -0.2) is 4.63 Å². The first-order valence-electron chi connectivity index (χ1n) is 7.83. The fraction of sp³-hybridized carbons (Fsp3) is 0.800. The Bertz CT molecular complexity index is 527. The number of rotatable bonds is 3. The molecule has 2 fully saturated rings. The third-order valence-corrected chi connectivity index (χ3v) is 4.94. The van der Waals surface area contributed by atoms with Gasteiger partial charge in [-0.1, -0.05) is 10.3 Å². The third-order valence-electron chi connectivity index (χ3n) is 4.94. The van der Waals surface area contributed by atoms with Crippen molar-refractivity contribution in [1.82, 2.24) is 20.1 Å². The van der Waals surface area contributed by atoms with E-state index in [-0.39, 0.29) is 5.41 Å². The fourth-order valence-corrected chi connectivity index (χ4v) is 3.67. The van der Waals surface area contributed by atoms with Crippen LogP contribution in [0.3, 0.4) is 0 Å². The number of aryl methyl sites for hydroxylation is 1. The van der Waals surface area contributed by atoms with Crippen LogP contribution < -0.4 is 0 Å². The lowest BCUT2D eigenvalue weighted by Crippen LogP contribution is -2.52. The molecule has 1 atom stereocenters. The maximum atomic E-state index is 12.9. The van der Waals surface area contributed by atoms with Gasteiger partial charge in [0.05, 0.1) is 5.41 Å². The number of carbonyl (C=O) groups excluding carboxylic acids is 1. The van der Waals surface area contributed by atoms with E-state index in [1.807, 2.05) is 6.92 Å². The molecule has 1 amide bonds. The van der Waals surface area contributed by atoms with E-state index >= 15 is 0 Å². The monoisotopic (exact) mass is 292 g/mol. The Balaban J connectivity index is 1.70. The van der Waals surface area contributed by atoms with E-state index in [0.717, 1.165) is 56.8 Å².